The van der Waals surface area contributed by atoms with Crippen LogP contribution in [-0.2, 0) is 0 Å². The minimum absolute atomic E-state index is 0.0795. The van der Waals surface area contributed by atoms with Gasteiger partial charge in [-0.15, -0.1) is 39.5 Å². The smallest absolute Gasteiger partial charge is 0.404 e. The molecule has 0 fully saturated rings. The van der Waals surface area contributed by atoms with E-state index in [0.717, 1.165) is 12.1 Å². The first kappa shape index (κ1) is 27.9. The molecule has 15 heteroatoms. The lowest BCUT2D eigenvalue weighted by molar-refractivity contribution is -0.276. The van der Waals surface area contributed by atoms with Crippen LogP contribution in [0.4, 0.5) is 39.5 Å². The van der Waals surface area contributed by atoms with Crippen LogP contribution in [0, 0.1) is 0 Å². The van der Waals surface area contributed by atoms with E-state index in [0.29, 0.717) is 6.07 Å². The molecule has 194 valence electrons. The first-order valence-electron chi connectivity index (χ1n) is 9.14. The van der Waals surface area contributed by atoms with Crippen molar-refractivity contribution in [3.05, 3.63) is 63.6 Å². The predicted octanol–water partition coefficient (Wildman–Crippen LogP) is 9.68. The maximum Gasteiger partial charge on any atom is 0.573 e. The van der Waals surface area contributed by atoms with Crippen molar-refractivity contribution in [1.82, 2.24) is 0 Å². The van der Waals surface area contributed by atoms with Crippen molar-refractivity contribution >= 4 is 34.8 Å². The van der Waals surface area contributed by atoms with E-state index in [1.54, 1.807) is 0 Å². The molecule has 0 aliphatic rings. The third kappa shape index (κ3) is 6.74. The molecule has 0 aliphatic carbocycles. The van der Waals surface area contributed by atoms with Gasteiger partial charge in [-0.3, -0.25) is 0 Å². The van der Waals surface area contributed by atoms with Crippen LogP contribution in [0.3, 0.4) is 0 Å². The molecule has 0 aliphatic heterocycles. The van der Waals surface area contributed by atoms with Crippen molar-refractivity contribution in [2.24, 2.45) is 0 Å². The number of hydrogen-bond acceptors (Lipinski definition) is 3. The molecule has 0 aromatic heterocycles. The van der Waals surface area contributed by atoms with Crippen LogP contribution in [0.1, 0.15) is 0 Å². The lowest BCUT2D eigenvalue weighted by Crippen LogP contribution is -2.21. The zero-order valence-corrected chi connectivity index (χ0v) is 19.1. The Balaban J connectivity index is 2.48. The molecule has 3 nitrogen and oxygen atoms in total. The van der Waals surface area contributed by atoms with Gasteiger partial charge in [-0.2, -0.15) is 0 Å². The quantitative estimate of drug-likeness (QED) is 0.279. The number of rotatable bonds is 5. The lowest BCUT2D eigenvalue weighted by atomic mass is 9.95. The second-order valence-electron chi connectivity index (χ2n) is 6.69. The summed E-state index contributed by atoms with van der Waals surface area (Å²) in [4.78, 5) is 0. The Morgan fingerprint density at radius 2 is 1.06 bits per heavy atom. The Bertz CT molecular complexity index is 1260. The summed E-state index contributed by atoms with van der Waals surface area (Å²) in [5, 5.41) is -2.47. The number of benzene rings is 3. The highest BCUT2D eigenvalue weighted by atomic mass is 35.5. The maximum atomic E-state index is 13.4. The molecule has 0 atom stereocenters. The van der Waals surface area contributed by atoms with E-state index in [1.807, 2.05) is 0 Å². The van der Waals surface area contributed by atoms with Gasteiger partial charge in [0.15, 0.2) is 5.75 Å². The molecule has 0 bridgehead atoms. The van der Waals surface area contributed by atoms with Crippen molar-refractivity contribution in [3.63, 3.8) is 0 Å². The second kappa shape index (κ2) is 9.98. The zero-order valence-electron chi connectivity index (χ0n) is 16.9. The van der Waals surface area contributed by atoms with Gasteiger partial charge < -0.3 is 14.2 Å². The molecule has 3 aromatic rings. The molecule has 0 unspecified atom stereocenters. The molecule has 36 heavy (non-hydrogen) atoms. The average molecular weight is 586 g/mol. The van der Waals surface area contributed by atoms with E-state index >= 15 is 0 Å². The first-order chi connectivity index (χ1) is 16.5. The van der Waals surface area contributed by atoms with Crippen LogP contribution in [0.5, 0.6) is 17.2 Å². The summed E-state index contributed by atoms with van der Waals surface area (Å²) in [7, 11) is 0. The molecule has 3 aromatic carbocycles. The Labute approximate surface area is 210 Å². The van der Waals surface area contributed by atoms with Crippen LogP contribution >= 0.6 is 34.8 Å². The van der Waals surface area contributed by atoms with Gasteiger partial charge >= 0.3 is 19.1 Å². The molecule has 3 rings (SSSR count). The van der Waals surface area contributed by atoms with Crippen LogP contribution in [0.15, 0.2) is 48.5 Å². The predicted molar refractivity (Wildman–Crippen MR) is 112 cm³/mol. The second-order valence-corrected chi connectivity index (χ2v) is 7.85. The molecular weight excluding hydrogens is 578 g/mol. The Morgan fingerprint density at radius 3 is 1.58 bits per heavy atom. The fourth-order valence-corrected chi connectivity index (χ4v) is 3.73. The van der Waals surface area contributed by atoms with Crippen molar-refractivity contribution in [2.75, 3.05) is 0 Å². The Morgan fingerprint density at radius 1 is 0.528 bits per heavy atom. The summed E-state index contributed by atoms with van der Waals surface area (Å²) < 4.78 is 130. The van der Waals surface area contributed by atoms with Crippen LogP contribution < -0.4 is 14.2 Å². The fraction of sp³-hybridized carbons (Fsp3) is 0.143. The standard InChI is InChI=1S/C21H8Cl3F9O3/c22-11-7-6-10(8-12(11)34-19(25,26)27)14-17(35-20(28,29)30)13(9-4-2-1-3-5-9)15(23)16(24)18(14)36-21(31,32)33/h1-8H. The molecule has 0 saturated carbocycles. The van der Waals surface area contributed by atoms with Gasteiger partial charge in [-0.05, 0) is 23.3 Å². The van der Waals surface area contributed by atoms with Gasteiger partial charge in [0, 0.05) is 5.56 Å². The van der Waals surface area contributed by atoms with Gasteiger partial charge in [-0.1, -0.05) is 71.2 Å². The summed E-state index contributed by atoms with van der Waals surface area (Å²) in [6, 6.07) is 8.71. The summed E-state index contributed by atoms with van der Waals surface area (Å²) in [6.45, 7) is 0. The third-order valence-electron chi connectivity index (χ3n) is 4.24. The number of ether oxygens (including phenoxy) is 3. The van der Waals surface area contributed by atoms with Gasteiger partial charge in [0.25, 0.3) is 0 Å². The minimum atomic E-state index is -5.51. The normalized spacial score (nSPS) is 12.4. The van der Waals surface area contributed by atoms with E-state index in [2.05, 4.69) is 14.2 Å². The van der Waals surface area contributed by atoms with Gasteiger partial charge in [0.05, 0.1) is 15.6 Å². The third-order valence-corrected chi connectivity index (χ3v) is 5.38. The zero-order chi connectivity index (χ0) is 27.1. The Hall–Kier alpha value is -2.70. The molecular formula is C21H8Cl3F9O3. The summed E-state index contributed by atoms with van der Waals surface area (Å²) in [5.41, 5.74) is -2.53. The minimum Gasteiger partial charge on any atom is -0.404 e. The van der Waals surface area contributed by atoms with Crippen molar-refractivity contribution in [3.8, 4) is 39.5 Å². The highest BCUT2D eigenvalue weighted by molar-refractivity contribution is 6.45. The van der Waals surface area contributed by atoms with Gasteiger partial charge in [0.2, 0.25) is 0 Å². The highest BCUT2D eigenvalue weighted by Crippen LogP contribution is 2.56. The van der Waals surface area contributed by atoms with E-state index in [4.69, 9.17) is 34.8 Å². The molecule has 0 heterocycles. The number of hydrogen-bond donors (Lipinski definition) is 0. The van der Waals surface area contributed by atoms with E-state index < -0.39 is 68.1 Å². The lowest BCUT2D eigenvalue weighted by Gasteiger charge is -2.24. The van der Waals surface area contributed by atoms with E-state index in [9.17, 15) is 39.5 Å². The van der Waals surface area contributed by atoms with E-state index in [-0.39, 0.29) is 5.56 Å². The summed E-state index contributed by atoms with van der Waals surface area (Å²) in [5.74, 6) is -3.93. The first-order valence-corrected chi connectivity index (χ1v) is 10.3. The van der Waals surface area contributed by atoms with Crippen LogP contribution in [-0.4, -0.2) is 19.1 Å². The molecule has 0 amide bonds. The Kier molecular flexibility index (Phi) is 7.73. The summed E-state index contributed by atoms with van der Waals surface area (Å²) in [6.07, 6.45) is -16.3. The van der Waals surface area contributed by atoms with Crippen molar-refractivity contribution < 1.29 is 53.7 Å². The van der Waals surface area contributed by atoms with Gasteiger partial charge in [-0.25, -0.2) is 0 Å². The van der Waals surface area contributed by atoms with Crippen LogP contribution in [0.2, 0.25) is 15.1 Å². The highest BCUT2D eigenvalue weighted by Gasteiger charge is 2.41. The number of halogens is 12. The molecule has 0 spiro atoms. The monoisotopic (exact) mass is 584 g/mol. The van der Waals surface area contributed by atoms with Gasteiger partial charge in [0.1, 0.15) is 16.5 Å². The van der Waals surface area contributed by atoms with E-state index in [1.165, 1.54) is 30.3 Å². The topological polar surface area (TPSA) is 27.7 Å². The van der Waals surface area contributed by atoms with Crippen molar-refractivity contribution in [1.29, 1.82) is 0 Å². The van der Waals surface area contributed by atoms with Crippen LogP contribution in [0.25, 0.3) is 22.3 Å². The van der Waals surface area contributed by atoms with Crippen molar-refractivity contribution in [2.45, 2.75) is 19.1 Å². The molecule has 0 N–H and O–H groups in total. The molecule has 0 saturated heterocycles. The maximum absolute atomic E-state index is 13.4. The fourth-order valence-electron chi connectivity index (χ4n) is 3.06. The largest absolute Gasteiger partial charge is 0.573 e. The average Bonchev–Trinajstić information content (AvgIpc) is 2.72. The SMILES string of the molecule is FC(F)(F)Oc1cc(-c2c(OC(F)(F)F)c(Cl)c(Cl)c(-c3ccccc3)c2OC(F)(F)F)ccc1Cl. The molecule has 0 radical (unpaired) electrons. The number of alkyl halides is 9. The summed E-state index contributed by atoms with van der Waals surface area (Å²) >= 11 is 17.7.